The van der Waals surface area contributed by atoms with Crippen molar-refractivity contribution in [3.8, 4) is 5.75 Å². The number of aryl methyl sites for hydroxylation is 1. The van der Waals surface area contributed by atoms with Gasteiger partial charge in [-0.25, -0.2) is 0 Å². The maximum atomic E-state index is 12.8. The molecule has 0 saturated heterocycles. The average molecular weight is 308 g/mol. The van der Waals surface area contributed by atoms with E-state index in [9.17, 15) is 14.7 Å². The molecule has 2 aromatic rings. The molecule has 0 aromatic heterocycles. The molecule has 0 radical (unpaired) electrons. The first kappa shape index (κ1) is 13.9. The third kappa shape index (κ3) is 1.64. The molecule has 4 rings (SSSR count). The summed E-state index contributed by atoms with van der Waals surface area (Å²) in [6.07, 6.45) is 0. The van der Waals surface area contributed by atoms with Crippen molar-refractivity contribution >= 4 is 28.4 Å². The van der Waals surface area contributed by atoms with Gasteiger partial charge in [0.25, 0.3) is 11.8 Å². The van der Waals surface area contributed by atoms with E-state index in [0.717, 1.165) is 10.8 Å². The standard InChI is InChI=1S/C18H16N2O3/c1-8-10(3)20-16(19-17(8)22)15-12(18(20)23)6-4-11-5-7-13(21)9(2)14(11)15/h4-8,10,21H,1-3H3/t8-,10+/m1/s1. The highest BCUT2D eigenvalue weighted by atomic mass is 16.3. The minimum atomic E-state index is -0.322. The summed E-state index contributed by atoms with van der Waals surface area (Å²) in [7, 11) is 0. The maximum absolute atomic E-state index is 12.8. The van der Waals surface area contributed by atoms with Gasteiger partial charge in [0, 0.05) is 17.0 Å². The number of nitrogens with zero attached hydrogens (tertiary/aromatic N) is 2. The molecule has 0 unspecified atom stereocenters. The van der Waals surface area contributed by atoms with E-state index in [-0.39, 0.29) is 29.5 Å². The number of phenolic OH excluding ortho intramolecular Hbond substituents is 1. The molecule has 0 spiro atoms. The Balaban J connectivity index is 2.12. The predicted octanol–water partition coefficient (Wildman–Crippen LogP) is 2.62. The van der Waals surface area contributed by atoms with Crippen molar-refractivity contribution in [2.45, 2.75) is 26.8 Å². The summed E-state index contributed by atoms with van der Waals surface area (Å²) in [6.45, 7) is 5.47. The Bertz CT molecular complexity index is 929. The molecule has 0 aliphatic carbocycles. The minimum absolute atomic E-state index is 0.129. The van der Waals surface area contributed by atoms with Gasteiger partial charge in [-0.2, -0.15) is 4.99 Å². The molecule has 116 valence electrons. The molecule has 2 amide bonds. The Morgan fingerprint density at radius 2 is 1.83 bits per heavy atom. The van der Waals surface area contributed by atoms with E-state index < -0.39 is 0 Å². The molecule has 0 fully saturated rings. The first-order chi connectivity index (χ1) is 10.9. The summed E-state index contributed by atoms with van der Waals surface area (Å²) in [4.78, 5) is 30.8. The number of hydrogen-bond acceptors (Lipinski definition) is 3. The van der Waals surface area contributed by atoms with E-state index in [1.807, 2.05) is 26.0 Å². The van der Waals surface area contributed by atoms with Gasteiger partial charge in [-0.3, -0.25) is 14.5 Å². The lowest BCUT2D eigenvalue weighted by atomic mass is 9.95. The molecular weight excluding hydrogens is 292 g/mol. The number of aromatic hydroxyl groups is 1. The van der Waals surface area contributed by atoms with Gasteiger partial charge in [-0.05, 0) is 36.9 Å². The van der Waals surface area contributed by atoms with Crippen LogP contribution in [0.2, 0.25) is 0 Å². The Kier molecular flexibility index (Phi) is 2.67. The number of aliphatic imine (C=N–C) groups is 1. The van der Waals surface area contributed by atoms with Crippen LogP contribution in [0.1, 0.15) is 35.3 Å². The molecule has 2 heterocycles. The summed E-state index contributed by atoms with van der Waals surface area (Å²) >= 11 is 0. The van der Waals surface area contributed by atoms with Gasteiger partial charge in [-0.1, -0.05) is 19.1 Å². The van der Waals surface area contributed by atoms with Crippen LogP contribution in [0.15, 0.2) is 29.3 Å². The molecule has 2 aromatic carbocycles. The summed E-state index contributed by atoms with van der Waals surface area (Å²) in [5.74, 6) is -0.0759. The topological polar surface area (TPSA) is 70.0 Å². The summed E-state index contributed by atoms with van der Waals surface area (Å²) in [6, 6.07) is 6.86. The number of carbonyl (C=O) groups excluding carboxylic acids is 2. The summed E-state index contributed by atoms with van der Waals surface area (Å²) < 4.78 is 0. The molecule has 0 saturated carbocycles. The Labute approximate surface area is 133 Å². The van der Waals surface area contributed by atoms with Crippen LogP contribution in [-0.4, -0.2) is 33.7 Å². The van der Waals surface area contributed by atoms with Crippen LogP contribution in [0.5, 0.6) is 5.75 Å². The van der Waals surface area contributed by atoms with Crippen molar-refractivity contribution in [3.05, 3.63) is 41.0 Å². The van der Waals surface area contributed by atoms with Gasteiger partial charge < -0.3 is 5.11 Å². The monoisotopic (exact) mass is 308 g/mol. The van der Waals surface area contributed by atoms with Gasteiger partial charge >= 0.3 is 0 Å². The fraction of sp³-hybridized carbons (Fsp3) is 0.278. The van der Waals surface area contributed by atoms with E-state index >= 15 is 0 Å². The first-order valence-electron chi connectivity index (χ1n) is 7.63. The zero-order chi connectivity index (χ0) is 16.5. The van der Waals surface area contributed by atoms with Crippen molar-refractivity contribution in [3.63, 3.8) is 0 Å². The molecule has 0 bridgehead atoms. The molecule has 23 heavy (non-hydrogen) atoms. The fourth-order valence-corrected chi connectivity index (χ4v) is 3.46. The van der Waals surface area contributed by atoms with Crippen LogP contribution >= 0.6 is 0 Å². The predicted molar refractivity (Wildman–Crippen MR) is 86.7 cm³/mol. The van der Waals surface area contributed by atoms with E-state index in [2.05, 4.69) is 4.99 Å². The Morgan fingerprint density at radius 3 is 2.57 bits per heavy atom. The van der Waals surface area contributed by atoms with Crippen molar-refractivity contribution in [2.75, 3.05) is 0 Å². The number of phenols is 1. The molecule has 5 nitrogen and oxygen atoms in total. The number of amides is 2. The number of benzene rings is 2. The lowest BCUT2D eigenvalue weighted by Crippen LogP contribution is -2.48. The SMILES string of the molecule is Cc1c(O)ccc2ccc3c(c12)C1=NC(=O)[C@H](C)[C@H](C)N1C3=O. The van der Waals surface area contributed by atoms with Crippen molar-refractivity contribution in [1.29, 1.82) is 0 Å². The highest BCUT2D eigenvalue weighted by molar-refractivity contribution is 6.31. The van der Waals surface area contributed by atoms with Crippen LogP contribution in [0.3, 0.4) is 0 Å². The van der Waals surface area contributed by atoms with Gasteiger partial charge in [0.2, 0.25) is 0 Å². The smallest absolute Gasteiger partial charge is 0.260 e. The third-order valence-corrected chi connectivity index (χ3v) is 5.06. The normalized spacial score (nSPS) is 23.1. The van der Waals surface area contributed by atoms with Gasteiger partial charge in [-0.15, -0.1) is 0 Å². The zero-order valence-corrected chi connectivity index (χ0v) is 13.1. The zero-order valence-electron chi connectivity index (χ0n) is 13.1. The minimum Gasteiger partial charge on any atom is -0.508 e. The molecule has 2 atom stereocenters. The van der Waals surface area contributed by atoms with Crippen molar-refractivity contribution in [2.24, 2.45) is 10.9 Å². The summed E-state index contributed by atoms with van der Waals surface area (Å²) in [5, 5.41) is 11.7. The number of hydrogen-bond donors (Lipinski definition) is 1. The quantitative estimate of drug-likeness (QED) is 0.813. The van der Waals surface area contributed by atoms with Gasteiger partial charge in [0.05, 0.1) is 11.5 Å². The Morgan fingerprint density at radius 1 is 1.13 bits per heavy atom. The number of rotatable bonds is 0. The summed E-state index contributed by atoms with van der Waals surface area (Å²) in [5.41, 5.74) is 1.89. The lowest BCUT2D eigenvalue weighted by Gasteiger charge is -2.32. The van der Waals surface area contributed by atoms with Gasteiger partial charge in [0.15, 0.2) is 0 Å². The number of carbonyl (C=O) groups is 2. The molecule has 2 aliphatic heterocycles. The molecule has 5 heteroatoms. The van der Waals surface area contributed by atoms with Crippen LogP contribution < -0.4 is 0 Å². The van der Waals surface area contributed by atoms with Crippen molar-refractivity contribution in [1.82, 2.24) is 4.90 Å². The molecule has 2 aliphatic rings. The van der Waals surface area contributed by atoms with E-state index in [1.54, 1.807) is 24.0 Å². The van der Waals surface area contributed by atoms with Crippen LogP contribution in [-0.2, 0) is 4.79 Å². The number of fused-ring (bicyclic) bond motifs is 5. The van der Waals surface area contributed by atoms with Gasteiger partial charge in [0.1, 0.15) is 11.6 Å². The second-order valence-electron chi connectivity index (χ2n) is 6.27. The second-order valence-corrected chi connectivity index (χ2v) is 6.27. The first-order valence-corrected chi connectivity index (χ1v) is 7.63. The van der Waals surface area contributed by atoms with E-state index in [0.29, 0.717) is 22.5 Å². The second kappa shape index (κ2) is 4.41. The van der Waals surface area contributed by atoms with Crippen LogP contribution in [0, 0.1) is 12.8 Å². The maximum Gasteiger partial charge on any atom is 0.260 e. The molecule has 1 N–H and O–H groups in total. The molecular formula is C18H16N2O3. The van der Waals surface area contributed by atoms with E-state index in [4.69, 9.17) is 0 Å². The highest BCUT2D eigenvalue weighted by Crippen LogP contribution is 2.38. The van der Waals surface area contributed by atoms with Crippen LogP contribution in [0.4, 0.5) is 0 Å². The Hall–Kier alpha value is -2.69. The third-order valence-electron chi connectivity index (χ3n) is 5.06. The highest BCUT2D eigenvalue weighted by Gasteiger charge is 2.44. The lowest BCUT2D eigenvalue weighted by molar-refractivity contribution is -0.122. The van der Waals surface area contributed by atoms with E-state index in [1.165, 1.54) is 0 Å². The average Bonchev–Trinajstić information content (AvgIpc) is 2.81. The van der Waals surface area contributed by atoms with Crippen LogP contribution in [0.25, 0.3) is 10.8 Å². The fourth-order valence-electron chi connectivity index (χ4n) is 3.46. The number of amidine groups is 1. The van der Waals surface area contributed by atoms with Crippen molar-refractivity contribution < 1.29 is 14.7 Å². The largest absolute Gasteiger partial charge is 0.508 e.